The summed E-state index contributed by atoms with van der Waals surface area (Å²) in [6, 6.07) is 12.0. The molecule has 9 heteroatoms. The van der Waals surface area contributed by atoms with Gasteiger partial charge in [-0.05, 0) is 42.5 Å². The fourth-order valence-electron chi connectivity index (χ4n) is 2.57. The maximum atomic E-state index is 12.5. The van der Waals surface area contributed by atoms with Gasteiger partial charge in [0, 0.05) is 29.2 Å². The van der Waals surface area contributed by atoms with Crippen molar-refractivity contribution in [1.82, 2.24) is 4.90 Å². The first-order valence-corrected chi connectivity index (χ1v) is 9.92. The van der Waals surface area contributed by atoms with Gasteiger partial charge in [-0.2, -0.15) is 0 Å². The second kappa shape index (κ2) is 8.86. The van der Waals surface area contributed by atoms with E-state index in [0.29, 0.717) is 26.6 Å². The number of thioether (sulfide) groups is 1. The van der Waals surface area contributed by atoms with Crippen LogP contribution in [0.5, 0.6) is 5.75 Å². The number of carbonyl (C=O) groups excluding carboxylic acids is 2. The van der Waals surface area contributed by atoms with E-state index in [1.54, 1.807) is 56.6 Å². The second-order valence-electron chi connectivity index (χ2n) is 6.01. The highest BCUT2D eigenvalue weighted by Crippen LogP contribution is 2.31. The molecule has 1 aliphatic heterocycles. The highest BCUT2D eigenvalue weighted by atomic mass is 35.5. The van der Waals surface area contributed by atoms with Crippen LogP contribution in [0.1, 0.15) is 6.42 Å². The molecule has 0 unspecified atom stereocenters. The monoisotopic (exact) mass is 437 g/mol. The Morgan fingerprint density at radius 1 is 1.21 bits per heavy atom. The molecule has 2 aromatic rings. The molecule has 0 spiro atoms. The number of amides is 2. The van der Waals surface area contributed by atoms with E-state index in [-0.39, 0.29) is 18.2 Å². The number of ether oxygens (including phenoxy) is 1. The number of methoxy groups -OCH3 is 1. The number of benzene rings is 2. The summed E-state index contributed by atoms with van der Waals surface area (Å²) in [5.74, 6) is 0.253. The number of anilines is 1. The van der Waals surface area contributed by atoms with Crippen molar-refractivity contribution in [2.45, 2.75) is 11.7 Å². The van der Waals surface area contributed by atoms with Crippen molar-refractivity contribution in [3.63, 3.8) is 0 Å². The third-order valence-electron chi connectivity index (χ3n) is 3.95. The minimum absolute atomic E-state index is 0.0135. The number of aliphatic imine (C=N–C) groups is 1. The molecule has 0 radical (unpaired) electrons. The summed E-state index contributed by atoms with van der Waals surface area (Å²) in [7, 11) is 3.24. The molecule has 1 heterocycles. The topological polar surface area (TPSA) is 71.0 Å². The van der Waals surface area contributed by atoms with Crippen molar-refractivity contribution < 1.29 is 14.3 Å². The van der Waals surface area contributed by atoms with Gasteiger partial charge in [0.1, 0.15) is 11.0 Å². The number of nitrogens with one attached hydrogen (secondary N) is 1. The zero-order chi connectivity index (χ0) is 20.3. The van der Waals surface area contributed by atoms with Gasteiger partial charge in [0.2, 0.25) is 11.8 Å². The molecule has 1 fully saturated rings. The maximum absolute atomic E-state index is 12.5. The van der Waals surface area contributed by atoms with Crippen LogP contribution in [0.25, 0.3) is 0 Å². The van der Waals surface area contributed by atoms with Crippen LogP contribution in [0.4, 0.5) is 11.4 Å². The molecule has 3 rings (SSSR count). The standard InChI is InChI=1S/C19H17Cl2N3O3S/c1-24-18(26)16(10-17(25)22-14-8-11(20)7-12(21)9-14)28-19(24)23-13-3-5-15(27-2)6-4-13/h3-9,16H,10H2,1-2H3,(H,22,25)/t16-/m0/s1. The Hall–Kier alpha value is -2.22. The van der Waals surface area contributed by atoms with Crippen LogP contribution in [-0.2, 0) is 9.59 Å². The van der Waals surface area contributed by atoms with Gasteiger partial charge in [-0.15, -0.1) is 0 Å². The summed E-state index contributed by atoms with van der Waals surface area (Å²) >= 11 is 13.1. The van der Waals surface area contributed by atoms with E-state index < -0.39 is 5.25 Å². The van der Waals surface area contributed by atoms with Crippen LogP contribution >= 0.6 is 35.0 Å². The molecule has 2 amide bonds. The summed E-state index contributed by atoms with van der Waals surface area (Å²) in [5.41, 5.74) is 1.18. The van der Waals surface area contributed by atoms with Crippen molar-refractivity contribution in [3.05, 3.63) is 52.5 Å². The number of amidine groups is 1. The summed E-state index contributed by atoms with van der Waals surface area (Å²) in [6.07, 6.45) is 0.0135. The lowest BCUT2D eigenvalue weighted by Gasteiger charge is -2.10. The molecule has 1 N–H and O–H groups in total. The van der Waals surface area contributed by atoms with Crippen LogP contribution in [0, 0.1) is 0 Å². The predicted octanol–water partition coefficient (Wildman–Crippen LogP) is 4.59. The first-order chi connectivity index (χ1) is 13.4. The lowest BCUT2D eigenvalue weighted by molar-refractivity contribution is -0.127. The van der Waals surface area contributed by atoms with Gasteiger partial charge in [0.15, 0.2) is 5.17 Å². The minimum atomic E-state index is -0.545. The highest BCUT2D eigenvalue weighted by molar-refractivity contribution is 8.15. The highest BCUT2D eigenvalue weighted by Gasteiger charge is 2.37. The van der Waals surface area contributed by atoms with E-state index in [2.05, 4.69) is 10.3 Å². The van der Waals surface area contributed by atoms with Crippen molar-refractivity contribution in [1.29, 1.82) is 0 Å². The van der Waals surface area contributed by atoms with Crippen LogP contribution in [0.3, 0.4) is 0 Å². The SMILES string of the molecule is COc1ccc(N=C2S[C@@H](CC(=O)Nc3cc(Cl)cc(Cl)c3)C(=O)N2C)cc1. The van der Waals surface area contributed by atoms with Crippen LogP contribution in [0.15, 0.2) is 47.5 Å². The van der Waals surface area contributed by atoms with E-state index in [0.717, 1.165) is 5.75 Å². The first kappa shape index (κ1) is 20.5. The van der Waals surface area contributed by atoms with E-state index >= 15 is 0 Å². The summed E-state index contributed by atoms with van der Waals surface area (Å²) in [5, 5.41) is 3.55. The van der Waals surface area contributed by atoms with Crippen molar-refractivity contribution in [2.24, 2.45) is 4.99 Å². The molecule has 0 bridgehead atoms. The molecule has 1 atom stereocenters. The zero-order valence-corrected chi connectivity index (χ0v) is 17.4. The predicted molar refractivity (Wildman–Crippen MR) is 114 cm³/mol. The molecule has 1 aliphatic rings. The molecule has 28 heavy (non-hydrogen) atoms. The number of hydrogen-bond donors (Lipinski definition) is 1. The number of nitrogens with zero attached hydrogens (tertiary/aromatic N) is 2. The summed E-state index contributed by atoms with van der Waals surface area (Å²) < 4.78 is 5.12. The molecule has 0 saturated carbocycles. The van der Waals surface area contributed by atoms with Gasteiger partial charge in [0.25, 0.3) is 0 Å². The van der Waals surface area contributed by atoms with Gasteiger partial charge < -0.3 is 10.1 Å². The normalized spacial score (nSPS) is 17.9. The average molecular weight is 438 g/mol. The molecule has 2 aromatic carbocycles. The second-order valence-corrected chi connectivity index (χ2v) is 8.05. The van der Waals surface area contributed by atoms with E-state index in [1.165, 1.54) is 16.7 Å². The molecule has 0 aromatic heterocycles. The maximum Gasteiger partial charge on any atom is 0.242 e. The quantitative estimate of drug-likeness (QED) is 0.741. The molecule has 0 aliphatic carbocycles. The summed E-state index contributed by atoms with van der Waals surface area (Å²) in [4.78, 5) is 30.8. The Balaban J connectivity index is 1.67. The fourth-order valence-corrected chi connectivity index (χ4v) is 4.25. The largest absolute Gasteiger partial charge is 0.497 e. The summed E-state index contributed by atoms with van der Waals surface area (Å²) in [6.45, 7) is 0. The lowest BCUT2D eigenvalue weighted by Crippen LogP contribution is -2.30. The van der Waals surface area contributed by atoms with Crippen LogP contribution in [0.2, 0.25) is 10.0 Å². The third kappa shape index (κ3) is 4.98. The Bertz CT molecular complexity index is 914. The van der Waals surface area contributed by atoms with Gasteiger partial charge in [-0.3, -0.25) is 14.5 Å². The number of hydrogen-bond acceptors (Lipinski definition) is 5. The van der Waals surface area contributed by atoms with E-state index in [1.807, 2.05) is 0 Å². The Morgan fingerprint density at radius 2 is 1.86 bits per heavy atom. The smallest absolute Gasteiger partial charge is 0.242 e. The van der Waals surface area contributed by atoms with Crippen molar-refractivity contribution in [2.75, 3.05) is 19.5 Å². The van der Waals surface area contributed by atoms with E-state index in [9.17, 15) is 9.59 Å². The number of carbonyl (C=O) groups is 2. The van der Waals surface area contributed by atoms with Gasteiger partial charge >= 0.3 is 0 Å². The Kier molecular flexibility index (Phi) is 6.49. The van der Waals surface area contributed by atoms with Gasteiger partial charge in [-0.25, -0.2) is 4.99 Å². The zero-order valence-electron chi connectivity index (χ0n) is 15.1. The van der Waals surface area contributed by atoms with Gasteiger partial charge in [0.05, 0.1) is 12.8 Å². The molecular formula is C19H17Cl2N3O3S. The molecule has 6 nitrogen and oxygen atoms in total. The van der Waals surface area contributed by atoms with Crippen LogP contribution in [-0.4, -0.2) is 41.3 Å². The van der Waals surface area contributed by atoms with Gasteiger partial charge in [-0.1, -0.05) is 35.0 Å². The average Bonchev–Trinajstić information content (AvgIpc) is 2.89. The fraction of sp³-hybridized carbons (Fsp3) is 0.211. The minimum Gasteiger partial charge on any atom is -0.497 e. The van der Waals surface area contributed by atoms with Crippen molar-refractivity contribution >= 4 is 63.3 Å². The molecule has 146 valence electrons. The Labute approximate surface area is 176 Å². The number of halogens is 2. The van der Waals surface area contributed by atoms with Crippen molar-refractivity contribution in [3.8, 4) is 5.75 Å². The van der Waals surface area contributed by atoms with Crippen LogP contribution < -0.4 is 10.1 Å². The lowest BCUT2D eigenvalue weighted by atomic mass is 10.2. The first-order valence-electron chi connectivity index (χ1n) is 8.28. The number of rotatable bonds is 5. The van der Waals surface area contributed by atoms with E-state index in [4.69, 9.17) is 27.9 Å². The third-order valence-corrected chi connectivity index (χ3v) is 5.62. The Morgan fingerprint density at radius 3 is 2.46 bits per heavy atom. The molecular weight excluding hydrogens is 421 g/mol. The molecule has 1 saturated heterocycles.